The van der Waals surface area contributed by atoms with Crippen LogP contribution in [-0.4, -0.2) is 40.8 Å². The van der Waals surface area contributed by atoms with Gasteiger partial charge in [0.15, 0.2) is 5.82 Å². The van der Waals surface area contributed by atoms with Crippen LogP contribution >= 0.6 is 11.6 Å². The van der Waals surface area contributed by atoms with Crippen molar-refractivity contribution in [1.82, 2.24) is 14.6 Å². The van der Waals surface area contributed by atoms with Crippen molar-refractivity contribution < 1.29 is 0 Å². The van der Waals surface area contributed by atoms with Gasteiger partial charge in [-0.15, -0.1) is 0 Å². The standard InChI is InChI=1S/C24H24ClN5/c1-17-4-3-5-22(18(17)2)28-12-14-29(15-13-28)24-23-16-21(27-30(23)11-10-26-24)19-6-8-20(25)9-7-19/h3-11,16H,12-15H2,1-2H3. The number of aryl methyl sites for hydroxylation is 1. The molecule has 1 saturated heterocycles. The van der Waals surface area contributed by atoms with E-state index in [1.165, 1.54) is 16.8 Å². The Morgan fingerprint density at radius 2 is 1.63 bits per heavy atom. The Bertz CT molecular complexity index is 1190. The highest BCUT2D eigenvalue weighted by Gasteiger charge is 2.22. The molecule has 0 spiro atoms. The van der Waals surface area contributed by atoms with Crippen LogP contribution in [0.25, 0.3) is 16.8 Å². The Morgan fingerprint density at radius 3 is 2.40 bits per heavy atom. The molecule has 0 aliphatic carbocycles. The zero-order valence-corrected chi connectivity index (χ0v) is 18.0. The van der Waals surface area contributed by atoms with Gasteiger partial charge >= 0.3 is 0 Å². The summed E-state index contributed by atoms with van der Waals surface area (Å²) in [6.45, 7) is 8.21. The van der Waals surface area contributed by atoms with E-state index in [1.54, 1.807) is 0 Å². The number of fused-ring (bicyclic) bond motifs is 1. The molecule has 2 aromatic carbocycles. The van der Waals surface area contributed by atoms with Gasteiger partial charge in [0, 0.05) is 54.8 Å². The summed E-state index contributed by atoms with van der Waals surface area (Å²) in [5.74, 6) is 0.992. The van der Waals surface area contributed by atoms with Gasteiger partial charge in [-0.05, 0) is 49.2 Å². The van der Waals surface area contributed by atoms with Gasteiger partial charge in [-0.25, -0.2) is 9.50 Å². The van der Waals surface area contributed by atoms with E-state index in [2.05, 4.69) is 47.9 Å². The topological polar surface area (TPSA) is 36.7 Å². The molecule has 3 heterocycles. The molecule has 0 amide bonds. The summed E-state index contributed by atoms with van der Waals surface area (Å²) in [6, 6.07) is 16.5. The Hall–Kier alpha value is -3.05. The first-order valence-corrected chi connectivity index (χ1v) is 10.6. The van der Waals surface area contributed by atoms with E-state index in [1.807, 2.05) is 41.2 Å². The van der Waals surface area contributed by atoms with E-state index in [0.717, 1.165) is 53.8 Å². The van der Waals surface area contributed by atoms with Gasteiger partial charge in [-0.1, -0.05) is 35.9 Å². The molecule has 1 aliphatic rings. The second kappa shape index (κ2) is 7.65. The van der Waals surface area contributed by atoms with Crippen molar-refractivity contribution in [2.75, 3.05) is 36.0 Å². The van der Waals surface area contributed by atoms with Crippen LogP contribution in [0.1, 0.15) is 11.1 Å². The molecular weight excluding hydrogens is 394 g/mol. The van der Waals surface area contributed by atoms with E-state index >= 15 is 0 Å². The molecule has 30 heavy (non-hydrogen) atoms. The maximum atomic E-state index is 6.03. The second-order valence-corrected chi connectivity index (χ2v) is 8.25. The van der Waals surface area contributed by atoms with Crippen molar-refractivity contribution in [1.29, 1.82) is 0 Å². The van der Waals surface area contributed by atoms with Gasteiger partial charge in [0.25, 0.3) is 0 Å². The van der Waals surface area contributed by atoms with Crippen molar-refractivity contribution in [3.05, 3.63) is 77.1 Å². The summed E-state index contributed by atoms with van der Waals surface area (Å²) in [4.78, 5) is 9.55. The van der Waals surface area contributed by atoms with Crippen molar-refractivity contribution >= 4 is 28.6 Å². The molecule has 1 fully saturated rings. The average Bonchev–Trinajstić information content (AvgIpc) is 3.21. The number of hydrogen-bond donors (Lipinski definition) is 0. The zero-order valence-electron chi connectivity index (χ0n) is 17.2. The Morgan fingerprint density at radius 1 is 0.900 bits per heavy atom. The predicted octanol–water partition coefficient (Wildman–Crippen LogP) is 4.99. The van der Waals surface area contributed by atoms with Crippen molar-refractivity contribution in [2.24, 2.45) is 0 Å². The molecule has 0 saturated carbocycles. The third kappa shape index (κ3) is 3.39. The lowest BCUT2D eigenvalue weighted by Gasteiger charge is -2.37. The highest BCUT2D eigenvalue weighted by molar-refractivity contribution is 6.30. The van der Waals surface area contributed by atoms with Crippen molar-refractivity contribution in [3.63, 3.8) is 0 Å². The van der Waals surface area contributed by atoms with Crippen molar-refractivity contribution in [3.8, 4) is 11.3 Å². The highest BCUT2D eigenvalue weighted by atomic mass is 35.5. The molecule has 4 aromatic rings. The second-order valence-electron chi connectivity index (χ2n) is 7.81. The molecule has 1 aliphatic heterocycles. The number of nitrogens with zero attached hydrogens (tertiary/aromatic N) is 5. The third-order valence-electron chi connectivity index (χ3n) is 6.01. The predicted molar refractivity (Wildman–Crippen MR) is 124 cm³/mol. The molecule has 0 unspecified atom stereocenters. The quantitative estimate of drug-likeness (QED) is 0.470. The number of anilines is 2. The Labute approximate surface area is 181 Å². The van der Waals surface area contributed by atoms with Gasteiger partial charge in [0.1, 0.15) is 5.52 Å². The number of piperazine rings is 1. The maximum Gasteiger partial charge on any atom is 0.154 e. The van der Waals surface area contributed by atoms with Crippen LogP contribution in [0.4, 0.5) is 11.5 Å². The van der Waals surface area contributed by atoms with Crippen LogP contribution in [0.5, 0.6) is 0 Å². The summed E-state index contributed by atoms with van der Waals surface area (Å²) in [5, 5.41) is 5.48. The van der Waals surface area contributed by atoms with Gasteiger partial charge in [0.05, 0.1) is 5.69 Å². The molecule has 0 radical (unpaired) electrons. The molecule has 2 aromatic heterocycles. The molecular formula is C24H24ClN5. The smallest absolute Gasteiger partial charge is 0.154 e. The number of halogens is 1. The minimum Gasteiger partial charge on any atom is -0.368 e. The first-order chi connectivity index (χ1) is 14.6. The maximum absolute atomic E-state index is 6.03. The molecule has 0 atom stereocenters. The van der Waals surface area contributed by atoms with E-state index in [-0.39, 0.29) is 0 Å². The highest BCUT2D eigenvalue weighted by Crippen LogP contribution is 2.28. The fourth-order valence-electron chi connectivity index (χ4n) is 4.15. The van der Waals surface area contributed by atoms with Crippen LogP contribution in [0.15, 0.2) is 60.9 Å². The number of aromatic nitrogens is 3. The lowest BCUT2D eigenvalue weighted by molar-refractivity contribution is 0.646. The average molecular weight is 418 g/mol. The summed E-state index contributed by atoms with van der Waals surface area (Å²) in [7, 11) is 0. The largest absolute Gasteiger partial charge is 0.368 e. The molecule has 0 bridgehead atoms. The van der Waals surface area contributed by atoms with Crippen LogP contribution in [0, 0.1) is 13.8 Å². The summed E-state index contributed by atoms with van der Waals surface area (Å²) in [6.07, 6.45) is 3.74. The first kappa shape index (κ1) is 18.9. The molecule has 5 rings (SSSR count). The Kier molecular flexibility index (Phi) is 4.83. The van der Waals surface area contributed by atoms with E-state index < -0.39 is 0 Å². The van der Waals surface area contributed by atoms with Gasteiger partial charge in [0.2, 0.25) is 0 Å². The van der Waals surface area contributed by atoms with Gasteiger partial charge < -0.3 is 9.80 Å². The van der Waals surface area contributed by atoms with Crippen LogP contribution in [0.2, 0.25) is 5.02 Å². The SMILES string of the molecule is Cc1cccc(N2CCN(c3nccn4nc(-c5ccc(Cl)cc5)cc34)CC2)c1C. The zero-order chi connectivity index (χ0) is 20.7. The van der Waals surface area contributed by atoms with Gasteiger partial charge in [-0.3, -0.25) is 0 Å². The summed E-state index contributed by atoms with van der Waals surface area (Å²) < 4.78 is 1.92. The number of hydrogen-bond acceptors (Lipinski definition) is 4. The fourth-order valence-corrected chi connectivity index (χ4v) is 4.28. The normalized spacial score (nSPS) is 14.5. The number of rotatable bonds is 3. The third-order valence-corrected chi connectivity index (χ3v) is 6.26. The fraction of sp³-hybridized carbons (Fsp3) is 0.250. The molecule has 5 nitrogen and oxygen atoms in total. The minimum absolute atomic E-state index is 0.728. The van der Waals surface area contributed by atoms with E-state index in [0.29, 0.717) is 0 Å². The Balaban J connectivity index is 1.40. The van der Waals surface area contributed by atoms with Crippen LogP contribution in [-0.2, 0) is 0 Å². The van der Waals surface area contributed by atoms with Crippen LogP contribution < -0.4 is 9.80 Å². The molecule has 152 valence electrons. The lowest BCUT2D eigenvalue weighted by Crippen LogP contribution is -2.47. The number of benzene rings is 2. The van der Waals surface area contributed by atoms with Crippen molar-refractivity contribution in [2.45, 2.75) is 13.8 Å². The molecule has 6 heteroatoms. The van der Waals surface area contributed by atoms with E-state index in [4.69, 9.17) is 21.7 Å². The monoisotopic (exact) mass is 417 g/mol. The van der Waals surface area contributed by atoms with Gasteiger partial charge in [-0.2, -0.15) is 5.10 Å². The summed E-state index contributed by atoms with van der Waals surface area (Å²) >= 11 is 6.03. The summed E-state index contributed by atoms with van der Waals surface area (Å²) in [5.41, 5.74) is 7.06. The van der Waals surface area contributed by atoms with Crippen LogP contribution in [0.3, 0.4) is 0 Å². The lowest BCUT2D eigenvalue weighted by atomic mass is 10.1. The minimum atomic E-state index is 0.728. The van der Waals surface area contributed by atoms with E-state index in [9.17, 15) is 0 Å². The molecule has 0 N–H and O–H groups in total. The first-order valence-electron chi connectivity index (χ1n) is 10.3.